The van der Waals surface area contributed by atoms with Gasteiger partial charge in [-0.25, -0.2) is 0 Å². The number of rotatable bonds is 7. The molecule has 1 heterocycles. The normalized spacial score (nSPS) is 11.6. The maximum absolute atomic E-state index is 12.5. The molecule has 1 amide bonds. The van der Waals surface area contributed by atoms with Gasteiger partial charge in [-0.15, -0.1) is 0 Å². The molecule has 1 unspecified atom stereocenters. The van der Waals surface area contributed by atoms with E-state index in [1.165, 1.54) is 14.2 Å². The summed E-state index contributed by atoms with van der Waals surface area (Å²) >= 11 is 0. The highest BCUT2D eigenvalue weighted by molar-refractivity contribution is 5.95. The molecule has 28 heavy (non-hydrogen) atoms. The van der Waals surface area contributed by atoms with Crippen LogP contribution in [0.3, 0.4) is 0 Å². The van der Waals surface area contributed by atoms with Crippen molar-refractivity contribution < 1.29 is 23.5 Å². The van der Waals surface area contributed by atoms with Gasteiger partial charge in [-0.3, -0.25) is 4.79 Å². The summed E-state index contributed by atoms with van der Waals surface area (Å²) in [6, 6.07) is 11.8. The fraction of sp³-hybridized carbons (Fsp3) is 0.250. The van der Waals surface area contributed by atoms with Crippen molar-refractivity contribution in [3.8, 4) is 28.6 Å². The van der Waals surface area contributed by atoms with Gasteiger partial charge < -0.3 is 24.1 Å². The second-order valence-corrected chi connectivity index (χ2v) is 5.95. The number of amides is 1. The zero-order valence-electron chi connectivity index (χ0n) is 16.1. The Morgan fingerprint density at radius 1 is 1.00 bits per heavy atom. The van der Waals surface area contributed by atoms with Crippen LogP contribution in [0.1, 0.15) is 29.2 Å². The smallest absolute Gasteiger partial charge is 0.252 e. The first-order chi connectivity index (χ1) is 13.5. The van der Waals surface area contributed by atoms with Crippen molar-refractivity contribution in [2.24, 2.45) is 0 Å². The van der Waals surface area contributed by atoms with Crippen molar-refractivity contribution in [2.45, 2.75) is 13.0 Å². The second-order valence-electron chi connectivity index (χ2n) is 5.95. The van der Waals surface area contributed by atoms with Crippen molar-refractivity contribution in [2.75, 3.05) is 21.3 Å². The van der Waals surface area contributed by atoms with Gasteiger partial charge in [0.15, 0.2) is 11.5 Å². The van der Waals surface area contributed by atoms with Crippen molar-refractivity contribution >= 4 is 5.91 Å². The molecule has 1 N–H and O–H groups in total. The maximum atomic E-state index is 12.5. The number of benzene rings is 2. The standard InChI is InChI=1S/C20H21N3O5/c1-12(21-19(24)14-7-10-16(26-3)17(11-14)27-4)20-22-18(23-28-20)13-5-8-15(25-2)9-6-13/h5-12H,1-4H3,(H,21,24). The van der Waals surface area contributed by atoms with E-state index in [1.54, 1.807) is 32.2 Å². The minimum Gasteiger partial charge on any atom is -0.497 e. The van der Waals surface area contributed by atoms with E-state index in [0.717, 1.165) is 11.3 Å². The SMILES string of the molecule is COc1ccc(-c2noc(C(C)NC(=O)c3ccc(OC)c(OC)c3)n2)cc1. The predicted molar refractivity (Wildman–Crippen MR) is 102 cm³/mol. The molecular formula is C20H21N3O5. The number of hydrogen-bond donors (Lipinski definition) is 1. The molecule has 0 fully saturated rings. The van der Waals surface area contributed by atoms with E-state index < -0.39 is 6.04 Å². The number of hydrogen-bond acceptors (Lipinski definition) is 7. The summed E-state index contributed by atoms with van der Waals surface area (Å²) in [5, 5.41) is 6.81. The van der Waals surface area contributed by atoms with Gasteiger partial charge in [0.1, 0.15) is 11.8 Å². The zero-order valence-corrected chi connectivity index (χ0v) is 16.1. The third-order valence-corrected chi connectivity index (χ3v) is 4.15. The van der Waals surface area contributed by atoms with Crippen LogP contribution >= 0.6 is 0 Å². The molecule has 0 saturated heterocycles. The van der Waals surface area contributed by atoms with Gasteiger partial charge in [-0.2, -0.15) is 4.98 Å². The van der Waals surface area contributed by atoms with Crippen LogP contribution in [0.4, 0.5) is 0 Å². The predicted octanol–water partition coefficient (Wildman–Crippen LogP) is 3.25. The fourth-order valence-electron chi connectivity index (χ4n) is 2.59. The highest BCUT2D eigenvalue weighted by atomic mass is 16.5. The molecule has 1 atom stereocenters. The van der Waals surface area contributed by atoms with Gasteiger partial charge in [0.05, 0.1) is 21.3 Å². The summed E-state index contributed by atoms with van der Waals surface area (Å²) in [5.74, 6) is 2.21. The van der Waals surface area contributed by atoms with Gasteiger partial charge in [-0.1, -0.05) is 5.16 Å². The Morgan fingerprint density at radius 3 is 2.36 bits per heavy atom. The molecule has 1 aromatic heterocycles. The second kappa shape index (κ2) is 8.43. The number of carbonyl (C=O) groups is 1. The third-order valence-electron chi connectivity index (χ3n) is 4.15. The van der Waals surface area contributed by atoms with Gasteiger partial charge in [0, 0.05) is 11.1 Å². The topological polar surface area (TPSA) is 95.7 Å². The van der Waals surface area contributed by atoms with Crippen LogP contribution < -0.4 is 19.5 Å². The number of methoxy groups -OCH3 is 3. The summed E-state index contributed by atoms with van der Waals surface area (Å²) < 4.78 is 20.9. The first kappa shape index (κ1) is 19.2. The lowest BCUT2D eigenvalue weighted by molar-refractivity contribution is 0.0932. The number of nitrogens with zero attached hydrogens (tertiary/aromatic N) is 2. The van der Waals surface area contributed by atoms with Crippen molar-refractivity contribution in [3.05, 3.63) is 53.9 Å². The first-order valence-electron chi connectivity index (χ1n) is 8.56. The van der Waals surface area contributed by atoms with Crippen molar-refractivity contribution in [3.63, 3.8) is 0 Å². The van der Waals surface area contributed by atoms with Crippen LogP contribution in [0.2, 0.25) is 0 Å². The van der Waals surface area contributed by atoms with E-state index in [-0.39, 0.29) is 5.91 Å². The molecule has 0 spiro atoms. The van der Waals surface area contributed by atoms with Crippen LogP contribution in [0.15, 0.2) is 47.0 Å². The Balaban J connectivity index is 1.71. The minimum atomic E-state index is -0.472. The Labute approximate surface area is 162 Å². The zero-order chi connectivity index (χ0) is 20.1. The highest BCUT2D eigenvalue weighted by Gasteiger charge is 2.19. The van der Waals surface area contributed by atoms with Gasteiger partial charge in [-0.05, 0) is 49.4 Å². The van der Waals surface area contributed by atoms with E-state index in [1.807, 2.05) is 24.3 Å². The largest absolute Gasteiger partial charge is 0.497 e. The quantitative estimate of drug-likeness (QED) is 0.669. The van der Waals surface area contributed by atoms with Gasteiger partial charge in [0.2, 0.25) is 11.7 Å². The molecule has 0 radical (unpaired) electrons. The Hall–Kier alpha value is -3.55. The van der Waals surface area contributed by atoms with Crippen LogP contribution in [0.5, 0.6) is 17.2 Å². The lowest BCUT2D eigenvalue weighted by Crippen LogP contribution is -2.26. The molecule has 0 aliphatic heterocycles. The van der Waals surface area contributed by atoms with Gasteiger partial charge >= 0.3 is 0 Å². The van der Waals surface area contributed by atoms with Crippen molar-refractivity contribution in [1.82, 2.24) is 15.5 Å². The van der Waals surface area contributed by atoms with Crippen LogP contribution in [0.25, 0.3) is 11.4 Å². The molecule has 8 nitrogen and oxygen atoms in total. The Bertz CT molecular complexity index is 953. The van der Waals surface area contributed by atoms with Crippen LogP contribution in [0, 0.1) is 0 Å². The number of carbonyl (C=O) groups excluding carboxylic acids is 1. The molecule has 0 bridgehead atoms. The van der Waals surface area contributed by atoms with Crippen LogP contribution in [-0.4, -0.2) is 37.4 Å². The van der Waals surface area contributed by atoms with E-state index in [2.05, 4.69) is 15.5 Å². The highest BCUT2D eigenvalue weighted by Crippen LogP contribution is 2.28. The lowest BCUT2D eigenvalue weighted by Gasteiger charge is -2.12. The Morgan fingerprint density at radius 2 is 1.71 bits per heavy atom. The summed E-state index contributed by atoms with van der Waals surface area (Å²) in [6.07, 6.45) is 0. The van der Waals surface area contributed by atoms with Crippen LogP contribution in [-0.2, 0) is 0 Å². The minimum absolute atomic E-state index is 0.294. The number of ether oxygens (including phenoxy) is 3. The summed E-state index contributed by atoms with van der Waals surface area (Å²) in [6.45, 7) is 1.77. The first-order valence-corrected chi connectivity index (χ1v) is 8.56. The number of aromatic nitrogens is 2. The molecular weight excluding hydrogens is 362 g/mol. The van der Waals surface area contributed by atoms with Gasteiger partial charge in [0.25, 0.3) is 5.91 Å². The van der Waals surface area contributed by atoms with E-state index >= 15 is 0 Å². The summed E-state index contributed by atoms with van der Waals surface area (Å²) in [5.41, 5.74) is 1.22. The van der Waals surface area contributed by atoms with Crippen molar-refractivity contribution in [1.29, 1.82) is 0 Å². The molecule has 146 valence electrons. The Kier molecular flexibility index (Phi) is 5.78. The van der Waals surface area contributed by atoms with E-state index in [9.17, 15) is 4.79 Å². The summed E-state index contributed by atoms with van der Waals surface area (Å²) in [7, 11) is 4.65. The molecule has 8 heteroatoms. The number of nitrogens with one attached hydrogen (secondary N) is 1. The third kappa shape index (κ3) is 4.06. The average molecular weight is 383 g/mol. The lowest BCUT2D eigenvalue weighted by atomic mass is 10.1. The molecule has 2 aromatic carbocycles. The molecule has 0 saturated carbocycles. The monoisotopic (exact) mass is 383 g/mol. The van der Waals surface area contributed by atoms with E-state index in [4.69, 9.17) is 18.7 Å². The molecule has 3 rings (SSSR count). The van der Waals surface area contributed by atoms with E-state index in [0.29, 0.717) is 28.8 Å². The molecule has 3 aromatic rings. The average Bonchev–Trinajstić information content (AvgIpc) is 3.23. The summed E-state index contributed by atoms with van der Waals surface area (Å²) in [4.78, 5) is 16.9. The fourth-order valence-corrected chi connectivity index (χ4v) is 2.59. The maximum Gasteiger partial charge on any atom is 0.252 e. The molecule has 0 aliphatic rings. The molecule has 0 aliphatic carbocycles.